The van der Waals surface area contributed by atoms with Crippen LogP contribution in [0.4, 0.5) is 0 Å². The molecule has 0 bridgehead atoms. The van der Waals surface area contributed by atoms with E-state index in [4.69, 9.17) is 4.74 Å². The van der Waals surface area contributed by atoms with E-state index in [0.29, 0.717) is 6.61 Å². The van der Waals surface area contributed by atoms with Crippen molar-refractivity contribution >= 4 is 31.9 Å². The molecule has 0 saturated heterocycles. The van der Waals surface area contributed by atoms with Gasteiger partial charge in [0, 0.05) is 4.47 Å². The van der Waals surface area contributed by atoms with Crippen LogP contribution in [0.1, 0.15) is 29.7 Å². The van der Waals surface area contributed by atoms with Gasteiger partial charge in [0.1, 0.15) is 5.75 Å². The van der Waals surface area contributed by atoms with E-state index in [9.17, 15) is 0 Å². The van der Waals surface area contributed by atoms with Crippen LogP contribution in [0.3, 0.4) is 0 Å². The average Bonchev–Trinajstić information content (AvgIpc) is 2.46. The number of benzene rings is 2. The number of rotatable bonds is 5. The first kappa shape index (κ1) is 16.5. The third-order valence-electron chi connectivity index (χ3n) is 3.43. The molecule has 0 spiro atoms. The topological polar surface area (TPSA) is 21.3 Å². The molecule has 0 aliphatic carbocycles. The molecule has 0 aliphatic rings. The van der Waals surface area contributed by atoms with Crippen LogP contribution in [0, 0.1) is 6.92 Å². The fourth-order valence-corrected chi connectivity index (χ4v) is 3.28. The molecular weight excluding hydrogens is 394 g/mol. The third-order valence-corrected chi connectivity index (χ3v) is 4.54. The smallest absolute Gasteiger partial charge is 0.133 e. The Morgan fingerprint density at radius 3 is 2.52 bits per heavy atom. The van der Waals surface area contributed by atoms with Gasteiger partial charge in [-0.15, -0.1) is 0 Å². The fourth-order valence-electron chi connectivity index (χ4n) is 2.39. The minimum absolute atomic E-state index is 0.148. The van der Waals surface area contributed by atoms with Crippen molar-refractivity contribution in [2.75, 3.05) is 13.7 Å². The van der Waals surface area contributed by atoms with Crippen LogP contribution in [0.5, 0.6) is 5.75 Å². The van der Waals surface area contributed by atoms with Crippen LogP contribution in [0.2, 0.25) is 0 Å². The Morgan fingerprint density at radius 1 is 1.14 bits per heavy atom. The van der Waals surface area contributed by atoms with Crippen LogP contribution in [0.25, 0.3) is 0 Å². The molecular formula is C17H19Br2NO. The molecule has 0 heterocycles. The molecule has 4 heteroatoms. The van der Waals surface area contributed by atoms with Gasteiger partial charge >= 0.3 is 0 Å². The molecule has 0 radical (unpaired) electrons. The summed E-state index contributed by atoms with van der Waals surface area (Å²) >= 11 is 7.15. The van der Waals surface area contributed by atoms with Gasteiger partial charge in [0.05, 0.1) is 17.1 Å². The highest BCUT2D eigenvalue weighted by Crippen LogP contribution is 2.32. The first-order valence-corrected chi connectivity index (χ1v) is 8.51. The van der Waals surface area contributed by atoms with Gasteiger partial charge in [-0.2, -0.15) is 0 Å². The highest BCUT2D eigenvalue weighted by Gasteiger charge is 2.16. The van der Waals surface area contributed by atoms with E-state index in [1.165, 1.54) is 16.7 Å². The molecule has 112 valence electrons. The summed E-state index contributed by atoms with van der Waals surface area (Å²) in [5.41, 5.74) is 3.74. The molecule has 1 atom stereocenters. The van der Waals surface area contributed by atoms with Crippen LogP contribution in [-0.4, -0.2) is 13.7 Å². The molecule has 2 rings (SSSR count). The molecule has 2 aromatic carbocycles. The molecule has 0 fully saturated rings. The lowest BCUT2D eigenvalue weighted by Crippen LogP contribution is -2.18. The molecule has 0 saturated carbocycles. The SMILES string of the molecule is CCOc1ccc(C(NC)c2cc(Br)ccc2C)cc1Br. The van der Waals surface area contributed by atoms with Crippen LogP contribution in [0.15, 0.2) is 45.3 Å². The van der Waals surface area contributed by atoms with Crippen molar-refractivity contribution in [1.82, 2.24) is 5.32 Å². The lowest BCUT2D eigenvalue weighted by molar-refractivity contribution is 0.338. The molecule has 21 heavy (non-hydrogen) atoms. The minimum atomic E-state index is 0.148. The summed E-state index contributed by atoms with van der Waals surface area (Å²) < 4.78 is 7.65. The number of aryl methyl sites for hydroxylation is 1. The Labute approximate surface area is 143 Å². The zero-order valence-corrected chi connectivity index (χ0v) is 15.6. The van der Waals surface area contributed by atoms with Crippen LogP contribution < -0.4 is 10.1 Å². The minimum Gasteiger partial charge on any atom is -0.493 e. The van der Waals surface area contributed by atoms with Crippen molar-refractivity contribution in [2.24, 2.45) is 0 Å². The van der Waals surface area contributed by atoms with Gasteiger partial charge in [0.2, 0.25) is 0 Å². The fraction of sp³-hybridized carbons (Fsp3) is 0.294. The highest BCUT2D eigenvalue weighted by atomic mass is 79.9. The van der Waals surface area contributed by atoms with E-state index in [2.05, 4.69) is 74.4 Å². The summed E-state index contributed by atoms with van der Waals surface area (Å²) in [6.07, 6.45) is 0. The van der Waals surface area contributed by atoms with Gasteiger partial charge in [-0.25, -0.2) is 0 Å². The standard InChI is InChI=1S/C17H19Br2NO/c1-4-21-16-8-6-12(9-15(16)19)17(20-3)14-10-13(18)7-5-11(14)2/h5-10,17,20H,4H2,1-3H3. The normalized spacial score (nSPS) is 12.2. The Kier molecular flexibility index (Phi) is 5.85. The number of hydrogen-bond acceptors (Lipinski definition) is 2. The Balaban J connectivity index is 2.42. The van der Waals surface area contributed by atoms with E-state index in [-0.39, 0.29) is 6.04 Å². The van der Waals surface area contributed by atoms with Gasteiger partial charge in [-0.3, -0.25) is 0 Å². The van der Waals surface area contributed by atoms with Gasteiger partial charge < -0.3 is 10.1 Å². The van der Waals surface area contributed by atoms with E-state index in [0.717, 1.165) is 14.7 Å². The monoisotopic (exact) mass is 411 g/mol. The lowest BCUT2D eigenvalue weighted by Gasteiger charge is -2.21. The van der Waals surface area contributed by atoms with Crippen LogP contribution in [-0.2, 0) is 0 Å². The van der Waals surface area contributed by atoms with E-state index in [1.54, 1.807) is 0 Å². The maximum Gasteiger partial charge on any atom is 0.133 e. The Morgan fingerprint density at radius 2 is 1.90 bits per heavy atom. The van der Waals surface area contributed by atoms with Gasteiger partial charge in [0.15, 0.2) is 0 Å². The summed E-state index contributed by atoms with van der Waals surface area (Å²) in [6, 6.07) is 12.8. The zero-order valence-electron chi connectivity index (χ0n) is 12.4. The maximum absolute atomic E-state index is 5.58. The summed E-state index contributed by atoms with van der Waals surface area (Å²) in [4.78, 5) is 0. The summed E-state index contributed by atoms with van der Waals surface area (Å²) in [5.74, 6) is 0.877. The predicted octanol–water partition coefficient (Wildman–Crippen LogP) is 5.23. The zero-order chi connectivity index (χ0) is 15.4. The molecule has 2 aromatic rings. The van der Waals surface area contributed by atoms with E-state index < -0.39 is 0 Å². The number of hydrogen-bond donors (Lipinski definition) is 1. The van der Waals surface area contributed by atoms with E-state index >= 15 is 0 Å². The van der Waals surface area contributed by atoms with Crippen molar-refractivity contribution < 1.29 is 4.74 Å². The second-order valence-electron chi connectivity index (χ2n) is 4.85. The summed E-state index contributed by atoms with van der Waals surface area (Å²) in [6.45, 7) is 4.79. The van der Waals surface area contributed by atoms with Crippen molar-refractivity contribution in [3.63, 3.8) is 0 Å². The van der Waals surface area contributed by atoms with Crippen molar-refractivity contribution in [3.8, 4) is 5.75 Å². The van der Waals surface area contributed by atoms with Gasteiger partial charge in [-0.05, 0) is 77.8 Å². The first-order valence-electron chi connectivity index (χ1n) is 6.92. The lowest BCUT2D eigenvalue weighted by atomic mass is 9.95. The number of nitrogens with one attached hydrogen (secondary N) is 1. The molecule has 0 aliphatic heterocycles. The second-order valence-corrected chi connectivity index (χ2v) is 6.62. The number of halogens is 2. The van der Waals surface area contributed by atoms with Crippen molar-refractivity contribution in [1.29, 1.82) is 0 Å². The van der Waals surface area contributed by atoms with Crippen molar-refractivity contribution in [3.05, 3.63) is 62.0 Å². The maximum atomic E-state index is 5.58. The van der Waals surface area contributed by atoms with Gasteiger partial charge in [0.25, 0.3) is 0 Å². The summed E-state index contributed by atoms with van der Waals surface area (Å²) in [5, 5.41) is 3.40. The summed E-state index contributed by atoms with van der Waals surface area (Å²) in [7, 11) is 1.98. The number of ether oxygens (including phenoxy) is 1. The molecule has 1 unspecified atom stereocenters. The Bertz CT molecular complexity index is 628. The molecule has 0 aromatic heterocycles. The van der Waals surface area contributed by atoms with E-state index in [1.807, 2.05) is 20.0 Å². The third kappa shape index (κ3) is 3.87. The molecule has 0 amide bonds. The van der Waals surface area contributed by atoms with Crippen LogP contribution >= 0.6 is 31.9 Å². The quantitative estimate of drug-likeness (QED) is 0.725. The predicted molar refractivity (Wildman–Crippen MR) is 95.1 cm³/mol. The van der Waals surface area contributed by atoms with Gasteiger partial charge in [-0.1, -0.05) is 28.1 Å². The average molecular weight is 413 g/mol. The second kappa shape index (κ2) is 7.43. The largest absolute Gasteiger partial charge is 0.493 e. The first-order chi connectivity index (χ1) is 10.1. The van der Waals surface area contributed by atoms with Crippen molar-refractivity contribution in [2.45, 2.75) is 19.9 Å². The molecule has 1 N–H and O–H groups in total. The highest BCUT2D eigenvalue weighted by molar-refractivity contribution is 9.10. The Hall–Kier alpha value is -0.840. The molecule has 2 nitrogen and oxygen atoms in total.